The molecule has 0 radical (unpaired) electrons. The van der Waals surface area contributed by atoms with Crippen LogP contribution in [0.15, 0.2) is 54.7 Å². The van der Waals surface area contributed by atoms with Crippen LogP contribution in [-0.4, -0.2) is 55.4 Å². The third-order valence-corrected chi connectivity index (χ3v) is 5.63. The van der Waals surface area contributed by atoms with Crippen LogP contribution in [0.2, 0.25) is 0 Å². The number of para-hydroxylation sites is 1. The first-order valence-corrected chi connectivity index (χ1v) is 9.84. The minimum atomic E-state index is -0.205. The van der Waals surface area contributed by atoms with Crippen LogP contribution >= 0.6 is 0 Å². The number of nitrogens with zero attached hydrogens (tertiary/aromatic N) is 5. The zero-order valence-electron chi connectivity index (χ0n) is 16.4. The zero-order valence-corrected chi connectivity index (χ0v) is 16.4. The van der Waals surface area contributed by atoms with E-state index in [-0.39, 0.29) is 24.0 Å². The molecule has 1 aliphatic heterocycles. The molecule has 1 N–H and O–H groups in total. The lowest BCUT2D eigenvalue weighted by Crippen LogP contribution is -2.23. The van der Waals surface area contributed by atoms with Crippen LogP contribution in [0.1, 0.15) is 23.2 Å². The number of carbonyl (C=O) groups is 2. The van der Waals surface area contributed by atoms with E-state index in [9.17, 15) is 9.59 Å². The highest BCUT2D eigenvalue weighted by Crippen LogP contribution is 2.25. The van der Waals surface area contributed by atoms with Gasteiger partial charge in [-0.2, -0.15) is 5.10 Å². The third kappa shape index (κ3) is 3.16. The first-order chi connectivity index (χ1) is 14.6. The average molecular weight is 400 g/mol. The van der Waals surface area contributed by atoms with Crippen molar-refractivity contribution in [1.29, 1.82) is 0 Å². The largest absolute Gasteiger partial charge is 0.345 e. The lowest BCUT2D eigenvalue weighted by Gasteiger charge is -2.09. The number of aromatic nitrogens is 5. The van der Waals surface area contributed by atoms with Gasteiger partial charge >= 0.3 is 0 Å². The van der Waals surface area contributed by atoms with Gasteiger partial charge in [0.2, 0.25) is 5.91 Å². The second-order valence-electron chi connectivity index (χ2n) is 7.59. The molecule has 150 valence electrons. The smallest absolute Gasteiger partial charge is 0.225 e. The highest BCUT2D eigenvalue weighted by Gasteiger charge is 2.30. The van der Waals surface area contributed by atoms with Crippen molar-refractivity contribution >= 4 is 22.6 Å². The molecule has 1 aliphatic rings. The summed E-state index contributed by atoms with van der Waals surface area (Å²) >= 11 is 0. The van der Waals surface area contributed by atoms with Gasteiger partial charge < -0.3 is 4.90 Å². The molecule has 2 aromatic heterocycles. The van der Waals surface area contributed by atoms with E-state index in [2.05, 4.69) is 20.5 Å². The van der Waals surface area contributed by atoms with Crippen molar-refractivity contribution in [2.75, 3.05) is 13.6 Å². The molecule has 8 nitrogen and oxygen atoms in total. The number of H-pyrrole nitrogens is 1. The molecule has 5 rings (SSSR count). The van der Waals surface area contributed by atoms with E-state index in [4.69, 9.17) is 0 Å². The Bertz CT molecular complexity index is 1240. The highest BCUT2D eigenvalue weighted by atomic mass is 16.2. The zero-order chi connectivity index (χ0) is 20.7. The molecule has 2 aromatic carbocycles. The summed E-state index contributed by atoms with van der Waals surface area (Å²) in [6.07, 6.45) is 2.80. The maximum atomic E-state index is 12.6. The van der Waals surface area contributed by atoms with E-state index in [1.807, 2.05) is 42.6 Å². The van der Waals surface area contributed by atoms with Gasteiger partial charge in [0.1, 0.15) is 11.4 Å². The fraction of sp³-hybridized carbons (Fsp3) is 0.227. The minimum Gasteiger partial charge on any atom is -0.345 e. The van der Waals surface area contributed by atoms with Gasteiger partial charge in [0.25, 0.3) is 0 Å². The highest BCUT2D eigenvalue weighted by molar-refractivity contribution is 5.99. The Balaban J connectivity index is 1.34. The van der Waals surface area contributed by atoms with E-state index >= 15 is 0 Å². The lowest BCUT2D eigenvalue weighted by molar-refractivity contribution is -0.129. The van der Waals surface area contributed by atoms with Gasteiger partial charge in [-0.1, -0.05) is 23.4 Å². The number of amides is 1. The predicted octanol–water partition coefficient (Wildman–Crippen LogP) is 2.86. The molecule has 8 heteroatoms. The molecule has 1 amide bonds. The summed E-state index contributed by atoms with van der Waals surface area (Å²) in [6.45, 7) is 0.718. The van der Waals surface area contributed by atoms with E-state index < -0.39 is 0 Å². The number of carbonyl (C=O) groups excluding carboxylic acids is 2. The summed E-state index contributed by atoms with van der Waals surface area (Å²) in [7, 11) is 1.78. The molecule has 1 atom stereocenters. The monoisotopic (exact) mass is 400 g/mol. The van der Waals surface area contributed by atoms with Gasteiger partial charge in [0.15, 0.2) is 5.78 Å². The molecule has 0 aliphatic carbocycles. The van der Waals surface area contributed by atoms with Crippen LogP contribution in [0, 0.1) is 5.92 Å². The van der Waals surface area contributed by atoms with Crippen molar-refractivity contribution in [3.05, 3.63) is 60.3 Å². The van der Waals surface area contributed by atoms with Crippen molar-refractivity contribution in [3.8, 4) is 17.1 Å². The standard InChI is InChI=1S/C22H20N6O2/c1-27-11-10-15(22(27)30)12-20(29)14-6-8-16(9-7-14)28-13-19(24-26-28)21-17-4-2-3-5-18(17)23-25-21/h2-9,13,15H,10-12H2,1H3,(H,23,25). The van der Waals surface area contributed by atoms with Gasteiger partial charge in [-0.05, 0) is 36.8 Å². The van der Waals surface area contributed by atoms with E-state index in [0.29, 0.717) is 11.3 Å². The number of rotatable bonds is 5. The minimum absolute atomic E-state index is 0.0162. The Hall–Kier alpha value is -3.81. The first-order valence-electron chi connectivity index (χ1n) is 9.84. The molecule has 1 fully saturated rings. The van der Waals surface area contributed by atoms with E-state index in [0.717, 1.165) is 35.2 Å². The normalized spacial score (nSPS) is 16.5. The van der Waals surface area contributed by atoms with Crippen molar-refractivity contribution in [3.63, 3.8) is 0 Å². The lowest BCUT2D eigenvalue weighted by atomic mass is 9.97. The number of hydrogen-bond donors (Lipinski definition) is 1. The van der Waals surface area contributed by atoms with Crippen molar-refractivity contribution in [2.45, 2.75) is 12.8 Å². The number of Topliss-reactive ketones (excluding diaryl/α,β-unsaturated/α-hetero) is 1. The second kappa shape index (κ2) is 7.22. The quantitative estimate of drug-likeness (QED) is 0.520. The summed E-state index contributed by atoms with van der Waals surface area (Å²) in [4.78, 5) is 26.3. The second-order valence-corrected chi connectivity index (χ2v) is 7.59. The fourth-order valence-electron chi connectivity index (χ4n) is 3.88. The number of nitrogens with one attached hydrogen (secondary N) is 1. The summed E-state index contributed by atoms with van der Waals surface area (Å²) in [5.74, 6) is -0.165. The molecular weight excluding hydrogens is 380 g/mol. The van der Waals surface area contributed by atoms with Crippen LogP contribution in [0.4, 0.5) is 0 Å². The molecule has 0 saturated carbocycles. The number of likely N-dealkylation sites (tertiary alicyclic amines) is 1. The van der Waals surface area contributed by atoms with Crippen LogP contribution in [0.25, 0.3) is 28.0 Å². The molecule has 0 bridgehead atoms. The first kappa shape index (κ1) is 18.2. The van der Waals surface area contributed by atoms with E-state index in [1.165, 1.54) is 0 Å². The summed E-state index contributed by atoms with van der Waals surface area (Å²) in [5.41, 5.74) is 3.74. The maximum absolute atomic E-state index is 12.6. The Morgan fingerprint density at radius 3 is 2.73 bits per heavy atom. The fourth-order valence-corrected chi connectivity index (χ4v) is 3.88. The van der Waals surface area contributed by atoms with Gasteiger partial charge in [-0.3, -0.25) is 14.7 Å². The van der Waals surface area contributed by atoms with Crippen LogP contribution in [-0.2, 0) is 4.79 Å². The Morgan fingerprint density at radius 1 is 1.17 bits per heavy atom. The SMILES string of the molecule is CN1CCC(CC(=O)c2ccc(-n3cc(-c4n[nH]c5ccccc45)nn3)cc2)C1=O. The number of aromatic amines is 1. The number of hydrogen-bond acceptors (Lipinski definition) is 5. The van der Waals surface area contributed by atoms with Gasteiger partial charge in [0, 0.05) is 36.9 Å². The van der Waals surface area contributed by atoms with Crippen molar-refractivity contribution < 1.29 is 9.59 Å². The summed E-state index contributed by atoms with van der Waals surface area (Å²) in [5, 5.41) is 16.8. The van der Waals surface area contributed by atoms with Gasteiger partial charge in [0.05, 0.1) is 17.4 Å². The van der Waals surface area contributed by atoms with Crippen LogP contribution in [0.5, 0.6) is 0 Å². The summed E-state index contributed by atoms with van der Waals surface area (Å²) in [6, 6.07) is 15.1. The maximum Gasteiger partial charge on any atom is 0.225 e. The predicted molar refractivity (Wildman–Crippen MR) is 111 cm³/mol. The topological polar surface area (TPSA) is 96.8 Å². The molecule has 3 heterocycles. The summed E-state index contributed by atoms with van der Waals surface area (Å²) < 4.78 is 1.66. The van der Waals surface area contributed by atoms with Gasteiger partial charge in [-0.15, -0.1) is 5.10 Å². The molecule has 4 aromatic rings. The Labute approximate surface area is 172 Å². The number of fused-ring (bicyclic) bond motifs is 1. The number of benzene rings is 2. The molecule has 0 spiro atoms. The van der Waals surface area contributed by atoms with E-state index in [1.54, 1.807) is 28.8 Å². The van der Waals surface area contributed by atoms with Crippen molar-refractivity contribution in [1.82, 2.24) is 30.1 Å². The van der Waals surface area contributed by atoms with Crippen LogP contribution < -0.4 is 0 Å². The van der Waals surface area contributed by atoms with Crippen LogP contribution in [0.3, 0.4) is 0 Å². The Morgan fingerprint density at radius 2 is 1.97 bits per heavy atom. The Kier molecular flexibility index (Phi) is 4.39. The average Bonchev–Trinajstić information content (AvgIpc) is 3.49. The molecule has 1 saturated heterocycles. The van der Waals surface area contributed by atoms with Gasteiger partial charge in [-0.25, -0.2) is 4.68 Å². The molecule has 30 heavy (non-hydrogen) atoms. The third-order valence-electron chi connectivity index (χ3n) is 5.63. The van der Waals surface area contributed by atoms with Crippen molar-refractivity contribution in [2.24, 2.45) is 5.92 Å². The molecule has 1 unspecified atom stereocenters. The molecular formula is C22H20N6O2. The number of ketones is 1.